The minimum Gasteiger partial charge on any atom is -0.508 e. The van der Waals surface area contributed by atoms with Crippen LogP contribution in [0.25, 0.3) is 0 Å². The van der Waals surface area contributed by atoms with E-state index in [1.165, 1.54) is 16.2 Å². The van der Waals surface area contributed by atoms with Gasteiger partial charge in [0.25, 0.3) is 0 Å². The molecule has 3 rings (SSSR count). The molecular weight excluding hydrogens is 274 g/mol. The molecule has 0 aliphatic carbocycles. The Labute approximate surface area is 120 Å². The fraction of sp³-hybridized carbons (Fsp3) is 0.286. The number of phenolic OH excluding ortho intramolecular Hbond substituents is 1. The van der Waals surface area contributed by atoms with Crippen molar-refractivity contribution in [3.8, 4) is 5.75 Å². The highest BCUT2D eigenvalue weighted by molar-refractivity contribution is 7.15. The topological polar surface area (TPSA) is 74.2 Å². The maximum absolute atomic E-state index is 12.0. The second kappa shape index (κ2) is 5.60. The van der Waals surface area contributed by atoms with Crippen LogP contribution in [0.2, 0.25) is 0 Å². The van der Waals surface area contributed by atoms with E-state index in [2.05, 4.69) is 15.6 Å². The van der Waals surface area contributed by atoms with E-state index in [0.717, 1.165) is 30.8 Å². The number of anilines is 1. The predicted molar refractivity (Wildman–Crippen MR) is 78.0 cm³/mol. The zero-order valence-electron chi connectivity index (χ0n) is 10.8. The van der Waals surface area contributed by atoms with E-state index in [4.69, 9.17) is 0 Å². The van der Waals surface area contributed by atoms with Crippen molar-refractivity contribution in [2.24, 2.45) is 0 Å². The van der Waals surface area contributed by atoms with Gasteiger partial charge in [-0.15, -0.1) is 11.3 Å². The molecule has 2 aromatic rings. The quantitative estimate of drug-likeness (QED) is 0.803. The summed E-state index contributed by atoms with van der Waals surface area (Å²) in [5.74, 6) is 0.115. The third-order valence-electron chi connectivity index (χ3n) is 3.15. The zero-order chi connectivity index (χ0) is 13.9. The first-order chi connectivity index (χ1) is 9.70. The van der Waals surface area contributed by atoms with Gasteiger partial charge in [0.2, 0.25) is 5.91 Å². The number of rotatable bonds is 3. The van der Waals surface area contributed by atoms with Crippen molar-refractivity contribution in [1.82, 2.24) is 10.3 Å². The van der Waals surface area contributed by atoms with Crippen molar-refractivity contribution >= 4 is 22.4 Å². The second-order valence-corrected chi connectivity index (χ2v) is 5.79. The molecule has 1 aliphatic heterocycles. The van der Waals surface area contributed by atoms with Gasteiger partial charge in [0.1, 0.15) is 5.75 Å². The average molecular weight is 289 g/mol. The number of benzene rings is 1. The number of aromatic nitrogens is 1. The summed E-state index contributed by atoms with van der Waals surface area (Å²) in [5.41, 5.74) is 1.96. The number of carbonyl (C=O) groups excluding carboxylic acids is 1. The minimum atomic E-state index is -0.0882. The van der Waals surface area contributed by atoms with E-state index in [1.54, 1.807) is 24.3 Å². The van der Waals surface area contributed by atoms with Crippen molar-refractivity contribution in [2.45, 2.75) is 19.4 Å². The standard InChI is InChI=1S/C14H15N3O2S/c18-10-3-1-9(2-4-10)7-13(19)17-14-16-11-5-6-15-8-12(11)20-14/h1-4,15,18H,5-8H2,(H,16,17,19). The van der Waals surface area contributed by atoms with Crippen molar-refractivity contribution in [3.05, 3.63) is 40.4 Å². The number of fused-ring (bicyclic) bond motifs is 1. The van der Waals surface area contributed by atoms with E-state index in [-0.39, 0.29) is 18.1 Å². The first kappa shape index (κ1) is 13.1. The van der Waals surface area contributed by atoms with Gasteiger partial charge < -0.3 is 15.7 Å². The van der Waals surface area contributed by atoms with Crippen LogP contribution in [0.15, 0.2) is 24.3 Å². The van der Waals surface area contributed by atoms with Crippen LogP contribution in [0.4, 0.5) is 5.13 Å². The summed E-state index contributed by atoms with van der Waals surface area (Å²) >= 11 is 1.53. The van der Waals surface area contributed by atoms with E-state index >= 15 is 0 Å². The summed E-state index contributed by atoms with van der Waals surface area (Å²) in [5, 5.41) is 16.0. The lowest BCUT2D eigenvalue weighted by Crippen LogP contribution is -2.22. The molecule has 1 aromatic carbocycles. The average Bonchev–Trinajstić information content (AvgIpc) is 2.83. The Hall–Kier alpha value is -1.92. The van der Waals surface area contributed by atoms with Crippen LogP contribution >= 0.6 is 11.3 Å². The Morgan fingerprint density at radius 2 is 2.20 bits per heavy atom. The fourth-order valence-corrected chi connectivity index (χ4v) is 3.14. The monoisotopic (exact) mass is 289 g/mol. The molecule has 20 heavy (non-hydrogen) atoms. The van der Waals surface area contributed by atoms with Gasteiger partial charge in [-0.1, -0.05) is 12.1 Å². The largest absolute Gasteiger partial charge is 0.508 e. The molecule has 0 saturated heterocycles. The molecule has 5 nitrogen and oxygen atoms in total. The van der Waals surface area contributed by atoms with Crippen molar-refractivity contribution in [3.63, 3.8) is 0 Å². The SMILES string of the molecule is O=C(Cc1ccc(O)cc1)Nc1nc2c(s1)CNCC2. The summed E-state index contributed by atoms with van der Waals surface area (Å²) in [6, 6.07) is 6.64. The maximum atomic E-state index is 12.0. The van der Waals surface area contributed by atoms with E-state index in [1.807, 2.05) is 0 Å². The number of aromatic hydroxyl groups is 1. The van der Waals surface area contributed by atoms with Crippen LogP contribution in [0.1, 0.15) is 16.1 Å². The molecule has 0 fully saturated rings. The van der Waals surface area contributed by atoms with Crippen LogP contribution in [0.3, 0.4) is 0 Å². The number of amides is 1. The molecule has 1 aliphatic rings. The molecule has 2 heterocycles. The van der Waals surface area contributed by atoms with Gasteiger partial charge in [0.05, 0.1) is 12.1 Å². The summed E-state index contributed by atoms with van der Waals surface area (Å²) in [7, 11) is 0. The molecule has 1 amide bonds. The van der Waals surface area contributed by atoms with Gasteiger partial charge in [-0.3, -0.25) is 4.79 Å². The van der Waals surface area contributed by atoms with Crippen molar-refractivity contribution < 1.29 is 9.90 Å². The highest BCUT2D eigenvalue weighted by atomic mass is 32.1. The fourth-order valence-electron chi connectivity index (χ4n) is 2.14. The molecule has 0 atom stereocenters. The van der Waals surface area contributed by atoms with Gasteiger partial charge in [0.15, 0.2) is 5.13 Å². The smallest absolute Gasteiger partial charge is 0.230 e. The second-order valence-electron chi connectivity index (χ2n) is 4.71. The minimum absolute atomic E-state index is 0.0882. The lowest BCUT2D eigenvalue weighted by atomic mass is 10.1. The van der Waals surface area contributed by atoms with Crippen molar-refractivity contribution in [1.29, 1.82) is 0 Å². The van der Waals surface area contributed by atoms with Crippen LogP contribution in [-0.2, 0) is 24.2 Å². The number of phenols is 1. The molecule has 6 heteroatoms. The van der Waals surface area contributed by atoms with E-state index in [0.29, 0.717) is 5.13 Å². The van der Waals surface area contributed by atoms with Crippen LogP contribution in [0.5, 0.6) is 5.75 Å². The Bertz CT molecular complexity index is 598. The molecule has 1 aromatic heterocycles. The molecule has 0 radical (unpaired) electrons. The summed E-state index contributed by atoms with van der Waals surface area (Å²) in [6.07, 6.45) is 1.20. The first-order valence-electron chi connectivity index (χ1n) is 6.48. The molecule has 0 saturated carbocycles. The molecular formula is C14H15N3O2S. The predicted octanol–water partition coefficient (Wildman–Crippen LogP) is 1.68. The lowest BCUT2D eigenvalue weighted by Gasteiger charge is -2.09. The zero-order valence-corrected chi connectivity index (χ0v) is 11.7. The summed E-state index contributed by atoms with van der Waals surface area (Å²) < 4.78 is 0. The van der Waals surface area contributed by atoms with Crippen LogP contribution < -0.4 is 10.6 Å². The van der Waals surface area contributed by atoms with E-state index in [9.17, 15) is 9.90 Å². The number of hydrogen-bond donors (Lipinski definition) is 3. The van der Waals surface area contributed by atoms with Gasteiger partial charge in [-0.2, -0.15) is 0 Å². The molecule has 0 spiro atoms. The molecule has 3 N–H and O–H groups in total. The Morgan fingerprint density at radius 3 is 2.95 bits per heavy atom. The lowest BCUT2D eigenvalue weighted by molar-refractivity contribution is -0.115. The van der Waals surface area contributed by atoms with Crippen molar-refractivity contribution in [2.75, 3.05) is 11.9 Å². The van der Waals surface area contributed by atoms with Gasteiger partial charge in [-0.25, -0.2) is 4.98 Å². The summed E-state index contributed by atoms with van der Waals surface area (Å²) in [4.78, 5) is 17.6. The Morgan fingerprint density at radius 1 is 1.40 bits per heavy atom. The van der Waals surface area contributed by atoms with Gasteiger partial charge in [-0.05, 0) is 17.7 Å². The number of nitrogens with one attached hydrogen (secondary N) is 2. The van der Waals surface area contributed by atoms with Crippen LogP contribution in [-0.4, -0.2) is 22.5 Å². The number of hydrogen-bond acceptors (Lipinski definition) is 5. The number of carbonyl (C=O) groups is 1. The molecule has 0 unspecified atom stereocenters. The van der Waals surface area contributed by atoms with Crippen LogP contribution in [0, 0.1) is 0 Å². The maximum Gasteiger partial charge on any atom is 0.230 e. The van der Waals surface area contributed by atoms with E-state index < -0.39 is 0 Å². The molecule has 0 bridgehead atoms. The van der Waals surface area contributed by atoms with Gasteiger partial charge in [0, 0.05) is 24.4 Å². The first-order valence-corrected chi connectivity index (χ1v) is 7.29. The highest BCUT2D eigenvalue weighted by Gasteiger charge is 2.16. The van der Waals surface area contributed by atoms with Gasteiger partial charge >= 0.3 is 0 Å². The third-order valence-corrected chi connectivity index (χ3v) is 4.16. The number of thiazole rings is 1. The molecule has 104 valence electrons. The normalized spacial score (nSPS) is 13.8. The Balaban J connectivity index is 1.63. The third kappa shape index (κ3) is 2.97. The highest BCUT2D eigenvalue weighted by Crippen LogP contribution is 2.25. The Kier molecular flexibility index (Phi) is 3.66. The summed E-state index contributed by atoms with van der Waals surface area (Å²) in [6.45, 7) is 1.78. The number of nitrogens with zero attached hydrogens (tertiary/aromatic N) is 1.